The molecule has 2 aromatic heterocycles. The third-order valence-electron chi connectivity index (χ3n) is 2.22. The van der Waals surface area contributed by atoms with Gasteiger partial charge in [0.05, 0.1) is 22.5 Å². The van der Waals surface area contributed by atoms with Crippen LogP contribution in [0.5, 0.6) is 0 Å². The van der Waals surface area contributed by atoms with Gasteiger partial charge in [-0.1, -0.05) is 5.21 Å². The summed E-state index contributed by atoms with van der Waals surface area (Å²) in [6.45, 7) is 1.63. The van der Waals surface area contributed by atoms with Gasteiger partial charge >= 0.3 is 5.97 Å². The molecule has 0 aliphatic carbocycles. The molecule has 0 atom stereocenters. The molecular weight excluding hydrogens is 242 g/mol. The highest BCUT2D eigenvalue weighted by molar-refractivity contribution is 5.84. The van der Waals surface area contributed by atoms with Crippen LogP contribution < -0.4 is 0 Å². The first-order valence-corrected chi connectivity index (χ1v) is 4.76. The summed E-state index contributed by atoms with van der Waals surface area (Å²) in [6.07, 6.45) is 2.28. The number of nitrogens with zero attached hydrogens (tertiary/aromatic N) is 5. The summed E-state index contributed by atoms with van der Waals surface area (Å²) >= 11 is 0. The van der Waals surface area contributed by atoms with Crippen molar-refractivity contribution in [1.29, 1.82) is 0 Å². The Morgan fingerprint density at radius 1 is 1.56 bits per heavy atom. The SMILES string of the molecule is Cc1ncc([N+](=O)[O-])cc1-n1cc(C(=O)O)nn1. The molecule has 0 unspecified atom stereocenters. The van der Waals surface area contributed by atoms with E-state index in [0.29, 0.717) is 11.4 Å². The Hall–Kier alpha value is -2.84. The van der Waals surface area contributed by atoms with Crippen LogP contribution in [-0.2, 0) is 0 Å². The molecule has 0 spiro atoms. The third-order valence-corrected chi connectivity index (χ3v) is 2.22. The topological polar surface area (TPSA) is 124 Å². The maximum absolute atomic E-state index is 10.7. The predicted octanol–water partition coefficient (Wildman–Crippen LogP) is 0.577. The van der Waals surface area contributed by atoms with Crippen molar-refractivity contribution in [2.45, 2.75) is 6.92 Å². The lowest BCUT2D eigenvalue weighted by molar-refractivity contribution is -0.385. The Kier molecular flexibility index (Phi) is 2.72. The maximum atomic E-state index is 10.7. The first kappa shape index (κ1) is 11.6. The van der Waals surface area contributed by atoms with Crippen molar-refractivity contribution < 1.29 is 14.8 Å². The highest BCUT2D eigenvalue weighted by Gasteiger charge is 2.14. The Balaban J connectivity index is 2.51. The standard InChI is InChI=1S/C9H7N5O4/c1-5-8(2-6(3-10-5)14(17)18)13-4-7(9(15)16)11-12-13/h2-4H,1H3,(H,15,16). The van der Waals surface area contributed by atoms with E-state index in [-0.39, 0.29) is 11.4 Å². The van der Waals surface area contributed by atoms with E-state index in [1.807, 2.05) is 0 Å². The van der Waals surface area contributed by atoms with E-state index < -0.39 is 10.9 Å². The van der Waals surface area contributed by atoms with Gasteiger partial charge in [0.2, 0.25) is 0 Å². The second-order valence-corrected chi connectivity index (χ2v) is 3.41. The molecule has 18 heavy (non-hydrogen) atoms. The molecular formula is C9H7N5O4. The predicted molar refractivity (Wildman–Crippen MR) is 57.5 cm³/mol. The quantitative estimate of drug-likeness (QED) is 0.622. The molecule has 0 radical (unpaired) electrons. The lowest BCUT2D eigenvalue weighted by atomic mass is 10.3. The normalized spacial score (nSPS) is 10.3. The fourth-order valence-electron chi connectivity index (χ4n) is 1.32. The van der Waals surface area contributed by atoms with Crippen LogP contribution in [0.1, 0.15) is 16.2 Å². The number of carboxylic acids is 1. The number of carboxylic acid groups (broad SMARTS) is 1. The largest absolute Gasteiger partial charge is 0.476 e. The molecule has 2 heterocycles. The fourth-order valence-corrected chi connectivity index (χ4v) is 1.32. The van der Waals surface area contributed by atoms with Gasteiger partial charge in [0, 0.05) is 6.07 Å². The summed E-state index contributed by atoms with van der Waals surface area (Å²) in [6, 6.07) is 1.25. The van der Waals surface area contributed by atoms with Gasteiger partial charge in [-0.3, -0.25) is 15.1 Å². The molecule has 0 bridgehead atoms. The Labute approximate surface area is 99.8 Å². The van der Waals surface area contributed by atoms with Crippen molar-refractivity contribution in [3.8, 4) is 5.69 Å². The first-order valence-electron chi connectivity index (χ1n) is 4.76. The molecule has 0 amide bonds. The van der Waals surface area contributed by atoms with E-state index in [4.69, 9.17) is 5.11 Å². The molecule has 92 valence electrons. The molecule has 0 aliphatic heterocycles. The first-order chi connectivity index (χ1) is 8.49. The molecule has 9 nitrogen and oxygen atoms in total. The monoisotopic (exact) mass is 249 g/mol. The number of nitro groups is 1. The minimum atomic E-state index is -1.22. The van der Waals surface area contributed by atoms with Crippen LogP contribution in [0.3, 0.4) is 0 Å². The number of aromatic nitrogens is 4. The zero-order valence-electron chi connectivity index (χ0n) is 9.14. The van der Waals surface area contributed by atoms with Crippen LogP contribution in [0.4, 0.5) is 5.69 Å². The van der Waals surface area contributed by atoms with Crippen molar-refractivity contribution in [1.82, 2.24) is 20.0 Å². The number of aryl methyl sites for hydroxylation is 1. The minimum absolute atomic E-state index is 0.206. The van der Waals surface area contributed by atoms with Crippen molar-refractivity contribution in [2.75, 3.05) is 0 Å². The number of hydrogen-bond acceptors (Lipinski definition) is 6. The zero-order valence-corrected chi connectivity index (χ0v) is 9.14. The Bertz CT molecular complexity index is 636. The number of hydrogen-bond donors (Lipinski definition) is 1. The highest BCUT2D eigenvalue weighted by Crippen LogP contribution is 2.17. The van der Waals surface area contributed by atoms with Gasteiger partial charge in [-0.15, -0.1) is 5.10 Å². The summed E-state index contributed by atoms with van der Waals surface area (Å²) in [5, 5.41) is 26.4. The lowest BCUT2D eigenvalue weighted by Gasteiger charge is -2.02. The van der Waals surface area contributed by atoms with Crippen LogP contribution in [0.2, 0.25) is 0 Å². The van der Waals surface area contributed by atoms with E-state index in [1.54, 1.807) is 6.92 Å². The zero-order chi connectivity index (χ0) is 13.3. The lowest BCUT2D eigenvalue weighted by Crippen LogP contribution is -2.02. The minimum Gasteiger partial charge on any atom is -0.476 e. The molecule has 1 N–H and O–H groups in total. The maximum Gasteiger partial charge on any atom is 0.358 e. The molecule has 0 fully saturated rings. The number of rotatable bonds is 3. The third kappa shape index (κ3) is 2.00. The number of aromatic carboxylic acids is 1. The van der Waals surface area contributed by atoms with Crippen molar-refractivity contribution in [3.05, 3.63) is 40.0 Å². The van der Waals surface area contributed by atoms with Gasteiger partial charge in [-0.2, -0.15) is 0 Å². The second-order valence-electron chi connectivity index (χ2n) is 3.41. The van der Waals surface area contributed by atoms with Crippen molar-refractivity contribution in [2.24, 2.45) is 0 Å². The van der Waals surface area contributed by atoms with Crippen LogP contribution >= 0.6 is 0 Å². The van der Waals surface area contributed by atoms with Crippen LogP contribution in [-0.4, -0.2) is 36.0 Å². The molecule has 0 saturated carbocycles. The summed E-state index contributed by atoms with van der Waals surface area (Å²) in [7, 11) is 0. The van der Waals surface area contributed by atoms with E-state index >= 15 is 0 Å². The molecule has 2 aromatic rings. The van der Waals surface area contributed by atoms with E-state index in [0.717, 1.165) is 17.1 Å². The number of pyridine rings is 1. The average Bonchev–Trinajstić information content (AvgIpc) is 2.78. The molecule has 2 rings (SSSR count). The van der Waals surface area contributed by atoms with E-state index in [1.165, 1.54) is 6.07 Å². The average molecular weight is 249 g/mol. The van der Waals surface area contributed by atoms with Crippen molar-refractivity contribution >= 4 is 11.7 Å². The Morgan fingerprint density at radius 3 is 2.83 bits per heavy atom. The molecule has 0 saturated heterocycles. The van der Waals surface area contributed by atoms with Gasteiger partial charge in [0.15, 0.2) is 5.69 Å². The number of carbonyl (C=O) groups is 1. The fraction of sp³-hybridized carbons (Fsp3) is 0.111. The van der Waals surface area contributed by atoms with Crippen LogP contribution in [0, 0.1) is 17.0 Å². The van der Waals surface area contributed by atoms with E-state index in [2.05, 4.69) is 15.3 Å². The van der Waals surface area contributed by atoms with Gasteiger partial charge in [-0.05, 0) is 6.92 Å². The van der Waals surface area contributed by atoms with Crippen molar-refractivity contribution in [3.63, 3.8) is 0 Å². The summed E-state index contributed by atoms with van der Waals surface area (Å²) in [4.78, 5) is 24.6. The molecule has 0 aromatic carbocycles. The van der Waals surface area contributed by atoms with Gasteiger partial charge in [-0.25, -0.2) is 9.48 Å². The molecule has 0 aliphatic rings. The second kappa shape index (κ2) is 4.20. The summed E-state index contributed by atoms with van der Waals surface area (Å²) in [5.74, 6) is -1.22. The highest BCUT2D eigenvalue weighted by atomic mass is 16.6. The van der Waals surface area contributed by atoms with Gasteiger partial charge < -0.3 is 5.11 Å². The van der Waals surface area contributed by atoms with Crippen LogP contribution in [0.15, 0.2) is 18.5 Å². The Morgan fingerprint density at radius 2 is 2.28 bits per heavy atom. The van der Waals surface area contributed by atoms with Gasteiger partial charge in [0.1, 0.15) is 6.20 Å². The van der Waals surface area contributed by atoms with Crippen LogP contribution in [0.25, 0.3) is 5.69 Å². The van der Waals surface area contributed by atoms with Gasteiger partial charge in [0.25, 0.3) is 5.69 Å². The summed E-state index contributed by atoms with van der Waals surface area (Å²) in [5.41, 5.74) is 0.329. The summed E-state index contributed by atoms with van der Waals surface area (Å²) < 4.78 is 1.14. The smallest absolute Gasteiger partial charge is 0.358 e. The molecule has 9 heteroatoms. The van der Waals surface area contributed by atoms with E-state index in [9.17, 15) is 14.9 Å².